The number of benzene rings is 2. The first-order chi connectivity index (χ1) is 12.9. The molecule has 2 aromatic carbocycles. The van der Waals surface area contributed by atoms with Gasteiger partial charge in [-0.1, -0.05) is 31.0 Å². The van der Waals surface area contributed by atoms with Crippen molar-refractivity contribution in [3.8, 4) is 5.75 Å². The minimum Gasteiger partial charge on any atom is -0.497 e. The molecule has 0 unspecified atom stereocenters. The molecule has 0 spiro atoms. The van der Waals surface area contributed by atoms with E-state index in [0.717, 1.165) is 18.4 Å². The lowest BCUT2D eigenvalue weighted by atomic mass is 9.78. The number of carboxylic acid groups (broad SMARTS) is 1. The van der Waals surface area contributed by atoms with Crippen molar-refractivity contribution in [3.63, 3.8) is 0 Å². The van der Waals surface area contributed by atoms with E-state index in [1.54, 1.807) is 7.11 Å². The van der Waals surface area contributed by atoms with Crippen LogP contribution in [0.25, 0.3) is 0 Å². The average Bonchev–Trinajstić information content (AvgIpc) is 3.15. The molecule has 0 radical (unpaired) electrons. The van der Waals surface area contributed by atoms with E-state index in [0.29, 0.717) is 24.3 Å². The Labute approximate surface area is 157 Å². The van der Waals surface area contributed by atoms with Gasteiger partial charge in [-0.15, -0.1) is 0 Å². The SMILES string of the molecule is COc1cccc(C2(C(=O)Nc3ccc(CC(=O)O)c(F)c3)CCCC2)c1. The van der Waals surface area contributed by atoms with Crippen LogP contribution in [0, 0.1) is 5.82 Å². The Morgan fingerprint density at radius 1 is 1.19 bits per heavy atom. The molecule has 2 N–H and O–H groups in total. The van der Waals surface area contributed by atoms with E-state index in [1.807, 2.05) is 24.3 Å². The number of methoxy groups -OCH3 is 1. The van der Waals surface area contributed by atoms with E-state index >= 15 is 0 Å². The summed E-state index contributed by atoms with van der Waals surface area (Å²) in [6, 6.07) is 11.6. The maximum Gasteiger partial charge on any atom is 0.307 e. The van der Waals surface area contributed by atoms with Gasteiger partial charge in [-0.3, -0.25) is 9.59 Å². The number of aliphatic carboxylic acids is 1. The van der Waals surface area contributed by atoms with Crippen molar-refractivity contribution < 1.29 is 23.8 Å². The highest BCUT2D eigenvalue weighted by atomic mass is 19.1. The van der Waals surface area contributed by atoms with Gasteiger partial charge in [0.15, 0.2) is 0 Å². The standard InChI is InChI=1S/C21H22FNO4/c1-27-17-6-4-5-15(12-17)21(9-2-3-10-21)20(26)23-16-8-7-14(11-19(24)25)18(22)13-16/h4-8,12-13H,2-3,9-11H2,1H3,(H,23,26)(H,24,25). The minimum absolute atomic E-state index is 0.0869. The number of hydrogen-bond donors (Lipinski definition) is 2. The summed E-state index contributed by atoms with van der Waals surface area (Å²) in [7, 11) is 1.59. The number of ether oxygens (including phenoxy) is 1. The van der Waals surface area contributed by atoms with Gasteiger partial charge in [0.25, 0.3) is 0 Å². The fourth-order valence-electron chi connectivity index (χ4n) is 3.73. The highest BCUT2D eigenvalue weighted by molar-refractivity contribution is 5.99. The van der Waals surface area contributed by atoms with Crippen molar-refractivity contribution in [1.29, 1.82) is 0 Å². The second kappa shape index (κ2) is 7.78. The lowest BCUT2D eigenvalue weighted by molar-refractivity contribution is -0.136. The van der Waals surface area contributed by atoms with Gasteiger partial charge in [0.05, 0.1) is 18.9 Å². The number of rotatable bonds is 6. The highest BCUT2D eigenvalue weighted by Gasteiger charge is 2.43. The molecule has 1 saturated carbocycles. The summed E-state index contributed by atoms with van der Waals surface area (Å²) >= 11 is 0. The number of amides is 1. The van der Waals surface area contributed by atoms with E-state index in [9.17, 15) is 14.0 Å². The zero-order chi connectivity index (χ0) is 19.4. The van der Waals surface area contributed by atoms with E-state index in [1.165, 1.54) is 18.2 Å². The Kier molecular flexibility index (Phi) is 5.44. The van der Waals surface area contributed by atoms with Gasteiger partial charge in [-0.25, -0.2) is 4.39 Å². The summed E-state index contributed by atoms with van der Waals surface area (Å²) in [5.41, 5.74) is 0.620. The predicted molar refractivity (Wildman–Crippen MR) is 99.5 cm³/mol. The van der Waals surface area contributed by atoms with E-state index < -0.39 is 23.6 Å². The van der Waals surface area contributed by atoms with E-state index in [2.05, 4.69) is 5.32 Å². The Bertz CT molecular complexity index is 859. The quantitative estimate of drug-likeness (QED) is 0.807. The molecule has 0 atom stereocenters. The molecule has 0 heterocycles. The van der Waals surface area contributed by atoms with Crippen LogP contribution in [0.5, 0.6) is 5.75 Å². The minimum atomic E-state index is -1.10. The summed E-state index contributed by atoms with van der Waals surface area (Å²) in [5.74, 6) is -1.24. The van der Waals surface area contributed by atoms with Gasteiger partial charge < -0.3 is 15.2 Å². The van der Waals surface area contributed by atoms with E-state index in [-0.39, 0.29) is 11.5 Å². The predicted octanol–water partition coefficient (Wildman–Crippen LogP) is 3.91. The molecule has 6 heteroatoms. The molecular formula is C21H22FNO4. The van der Waals surface area contributed by atoms with Gasteiger partial charge in [0.2, 0.25) is 5.91 Å². The van der Waals surface area contributed by atoms with Gasteiger partial charge >= 0.3 is 5.97 Å². The summed E-state index contributed by atoms with van der Waals surface area (Å²) < 4.78 is 19.4. The van der Waals surface area contributed by atoms with Crippen LogP contribution in [-0.4, -0.2) is 24.1 Å². The van der Waals surface area contributed by atoms with Gasteiger partial charge in [-0.05, 0) is 48.2 Å². The lowest BCUT2D eigenvalue weighted by Crippen LogP contribution is -2.38. The Morgan fingerprint density at radius 2 is 1.93 bits per heavy atom. The van der Waals surface area contributed by atoms with Crippen LogP contribution in [0.2, 0.25) is 0 Å². The molecule has 1 aliphatic rings. The normalized spacial score (nSPS) is 15.3. The number of hydrogen-bond acceptors (Lipinski definition) is 3. The number of anilines is 1. The van der Waals surface area contributed by atoms with Crippen LogP contribution in [0.1, 0.15) is 36.8 Å². The van der Waals surface area contributed by atoms with Gasteiger partial charge in [0, 0.05) is 5.69 Å². The van der Waals surface area contributed by atoms with E-state index in [4.69, 9.17) is 9.84 Å². The smallest absolute Gasteiger partial charge is 0.307 e. The number of carbonyl (C=O) groups is 2. The van der Waals surface area contributed by atoms with Crippen LogP contribution in [0.3, 0.4) is 0 Å². The third-order valence-electron chi connectivity index (χ3n) is 5.17. The Morgan fingerprint density at radius 3 is 2.56 bits per heavy atom. The molecule has 2 aromatic rings. The van der Waals surface area contributed by atoms with Crippen molar-refractivity contribution in [3.05, 3.63) is 59.4 Å². The first-order valence-corrected chi connectivity index (χ1v) is 8.91. The number of carboxylic acids is 1. The van der Waals surface area contributed by atoms with Crippen LogP contribution in [0.4, 0.5) is 10.1 Å². The van der Waals surface area contributed by atoms with Crippen LogP contribution in [0.15, 0.2) is 42.5 Å². The number of carbonyl (C=O) groups excluding carboxylic acids is 1. The largest absolute Gasteiger partial charge is 0.497 e. The molecule has 5 nitrogen and oxygen atoms in total. The molecule has 0 bridgehead atoms. The first kappa shape index (κ1) is 18.9. The fraction of sp³-hybridized carbons (Fsp3) is 0.333. The zero-order valence-corrected chi connectivity index (χ0v) is 15.1. The van der Waals surface area contributed by atoms with Crippen molar-refractivity contribution in [2.75, 3.05) is 12.4 Å². The summed E-state index contributed by atoms with van der Waals surface area (Å²) in [5, 5.41) is 11.6. The molecule has 1 amide bonds. The third kappa shape index (κ3) is 3.94. The van der Waals surface area contributed by atoms with Crippen molar-refractivity contribution in [2.45, 2.75) is 37.5 Å². The zero-order valence-electron chi connectivity index (χ0n) is 15.1. The number of nitrogens with one attached hydrogen (secondary N) is 1. The summed E-state index contributed by atoms with van der Waals surface area (Å²) in [6.07, 6.45) is 2.91. The molecular weight excluding hydrogens is 349 g/mol. The van der Waals surface area contributed by atoms with Crippen molar-refractivity contribution in [1.82, 2.24) is 0 Å². The van der Waals surface area contributed by atoms with Crippen molar-refractivity contribution >= 4 is 17.6 Å². The Hall–Kier alpha value is -2.89. The Balaban J connectivity index is 1.86. The van der Waals surface area contributed by atoms with Crippen LogP contribution < -0.4 is 10.1 Å². The number of halogens is 1. The van der Waals surface area contributed by atoms with Crippen LogP contribution in [-0.2, 0) is 21.4 Å². The maximum atomic E-state index is 14.1. The molecule has 1 fully saturated rings. The molecule has 0 aromatic heterocycles. The fourth-order valence-corrected chi connectivity index (χ4v) is 3.73. The van der Waals surface area contributed by atoms with Crippen LogP contribution >= 0.6 is 0 Å². The lowest BCUT2D eigenvalue weighted by Gasteiger charge is -2.28. The van der Waals surface area contributed by atoms with Gasteiger partial charge in [0.1, 0.15) is 11.6 Å². The molecule has 27 heavy (non-hydrogen) atoms. The molecule has 0 saturated heterocycles. The molecule has 142 valence electrons. The third-order valence-corrected chi connectivity index (χ3v) is 5.17. The average molecular weight is 371 g/mol. The first-order valence-electron chi connectivity index (χ1n) is 8.91. The molecule has 0 aliphatic heterocycles. The maximum absolute atomic E-state index is 14.1. The van der Waals surface area contributed by atoms with Gasteiger partial charge in [-0.2, -0.15) is 0 Å². The summed E-state index contributed by atoms with van der Waals surface area (Å²) in [4.78, 5) is 23.9. The molecule has 1 aliphatic carbocycles. The van der Waals surface area contributed by atoms with Crippen molar-refractivity contribution in [2.24, 2.45) is 0 Å². The second-order valence-corrected chi connectivity index (χ2v) is 6.85. The highest BCUT2D eigenvalue weighted by Crippen LogP contribution is 2.43. The second-order valence-electron chi connectivity index (χ2n) is 6.85. The molecule has 3 rings (SSSR count). The topological polar surface area (TPSA) is 75.6 Å². The monoisotopic (exact) mass is 371 g/mol. The summed E-state index contributed by atoms with van der Waals surface area (Å²) in [6.45, 7) is 0.